The summed E-state index contributed by atoms with van der Waals surface area (Å²) in [7, 11) is -3.02. The summed E-state index contributed by atoms with van der Waals surface area (Å²) in [6, 6.07) is 11.4. The van der Waals surface area contributed by atoms with E-state index >= 15 is 4.39 Å². The predicted octanol–water partition coefficient (Wildman–Crippen LogP) is 4.22. The molecule has 2 aromatic carbocycles. The van der Waals surface area contributed by atoms with Gasteiger partial charge < -0.3 is 29.6 Å². The molecule has 1 aliphatic carbocycles. The van der Waals surface area contributed by atoms with Crippen LogP contribution in [0.2, 0.25) is 0 Å². The van der Waals surface area contributed by atoms with E-state index in [0.717, 1.165) is 31.1 Å². The Kier molecular flexibility index (Phi) is 8.87. The molecule has 0 radical (unpaired) electrons. The van der Waals surface area contributed by atoms with Crippen LogP contribution in [0.15, 0.2) is 48.8 Å². The summed E-state index contributed by atoms with van der Waals surface area (Å²) in [5.74, 6) is -0.438. The van der Waals surface area contributed by atoms with Crippen LogP contribution < -0.4 is 20.1 Å². The molecule has 2 aromatic heterocycles. The molecule has 46 heavy (non-hydrogen) atoms. The number of esters is 1. The number of hydrogen-bond acceptors (Lipinski definition) is 12. The number of nitrogens with zero attached hydrogens (tertiary/aromatic N) is 4. The van der Waals surface area contributed by atoms with Crippen molar-refractivity contribution in [2.75, 3.05) is 19.5 Å². The maximum atomic E-state index is 15.9. The maximum Gasteiger partial charge on any atom is 0.459 e. The van der Waals surface area contributed by atoms with Gasteiger partial charge in [-0.1, -0.05) is 36.4 Å². The Bertz CT molecular complexity index is 1780. The summed E-state index contributed by atoms with van der Waals surface area (Å²) in [6.45, 7) is 2.11. The quantitative estimate of drug-likeness (QED) is 0.154. The lowest BCUT2D eigenvalue weighted by Crippen LogP contribution is -2.42. The molecule has 0 spiro atoms. The van der Waals surface area contributed by atoms with Crippen molar-refractivity contribution in [3.63, 3.8) is 0 Å². The molecule has 4 aromatic rings. The van der Waals surface area contributed by atoms with Crippen molar-refractivity contribution >= 4 is 41.6 Å². The van der Waals surface area contributed by atoms with Crippen molar-refractivity contribution < 1.29 is 42.1 Å². The molecule has 2 aliphatic rings. The number of imidazole rings is 1. The average molecular weight is 659 g/mol. The number of carbonyl (C=O) groups is 1. The minimum atomic E-state index is -4.41. The number of rotatable bonds is 11. The summed E-state index contributed by atoms with van der Waals surface area (Å²) >= 11 is 0. The van der Waals surface area contributed by atoms with Crippen molar-refractivity contribution in [1.29, 1.82) is 0 Å². The van der Waals surface area contributed by atoms with E-state index in [1.165, 1.54) is 31.9 Å². The Morgan fingerprint density at radius 2 is 1.98 bits per heavy atom. The summed E-state index contributed by atoms with van der Waals surface area (Å²) in [6.07, 6.45) is -0.262. The summed E-state index contributed by atoms with van der Waals surface area (Å²) in [4.78, 5) is 25.3. The van der Waals surface area contributed by atoms with Gasteiger partial charge in [0.15, 0.2) is 23.6 Å². The number of aromatic nitrogens is 4. The molecular weight excluding hydrogens is 622 g/mol. The smallest absolute Gasteiger partial charge is 0.459 e. The molecule has 0 amide bonds. The fraction of sp³-hybridized carbons (Fsp3) is 0.467. The number of ether oxygens (including phenoxy) is 3. The van der Waals surface area contributed by atoms with Gasteiger partial charge in [-0.2, -0.15) is 15.1 Å². The first-order valence-corrected chi connectivity index (χ1v) is 16.5. The summed E-state index contributed by atoms with van der Waals surface area (Å²) in [5, 5.41) is 15.4. The molecule has 16 heteroatoms. The molecule has 2 fully saturated rings. The fourth-order valence-corrected chi connectivity index (χ4v) is 7.33. The van der Waals surface area contributed by atoms with Crippen LogP contribution in [-0.4, -0.2) is 74.3 Å². The van der Waals surface area contributed by atoms with E-state index in [1.54, 1.807) is 24.3 Å². The van der Waals surface area contributed by atoms with Crippen molar-refractivity contribution in [2.45, 2.75) is 75.8 Å². The highest BCUT2D eigenvalue weighted by atomic mass is 31.2. The molecule has 246 valence electrons. The van der Waals surface area contributed by atoms with E-state index in [9.17, 15) is 14.5 Å². The SMILES string of the molecule is COc1nc(N)nc2c1ncn2C1O[C@H](COP(=O)(N[C@@H](C)C(=O)OC2CCCC2)Oc2cccc3ccccc23)[C@@H](F)[C@@]1(C)O. The zero-order valence-electron chi connectivity index (χ0n) is 25.5. The van der Waals surface area contributed by atoms with Crippen molar-refractivity contribution in [2.24, 2.45) is 0 Å². The van der Waals surface area contributed by atoms with Gasteiger partial charge in [0, 0.05) is 5.39 Å². The van der Waals surface area contributed by atoms with Crippen molar-refractivity contribution in [3.05, 3.63) is 48.8 Å². The highest BCUT2D eigenvalue weighted by Crippen LogP contribution is 2.49. The zero-order chi connectivity index (χ0) is 32.6. The third kappa shape index (κ3) is 6.25. The zero-order valence-corrected chi connectivity index (χ0v) is 26.4. The monoisotopic (exact) mass is 658 g/mol. The molecule has 14 nitrogen and oxygen atoms in total. The van der Waals surface area contributed by atoms with Gasteiger partial charge >= 0.3 is 13.7 Å². The highest BCUT2D eigenvalue weighted by molar-refractivity contribution is 7.52. The number of anilines is 1. The van der Waals surface area contributed by atoms with Crippen molar-refractivity contribution in [3.8, 4) is 11.6 Å². The maximum absolute atomic E-state index is 15.9. The van der Waals surface area contributed by atoms with Crippen LogP contribution in [0.1, 0.15) is 45.8 Å². The minimum absolute atomic E-state index is 0.0914. The summed E-state index contributed by atoms with van der Waals surface area (Å²) in [5.41, 5.74) is 4.08. The second kappa shape index (κ2) is 12.7. The fourth-order valence-electron chi connectivity index (χ4n) is 5.81. The molecule has 1 saturated heterocycles. The lowest BCUT2D eigenvalue weighted by molar-refractivity contribution is -0.150. The Morgan fingerprint density at radius 1 is 1.24 bits per heavy atom. The molecule has 0 bridgehead atoms. The average Bonchev–Trinajstić information content (AvgIpc) is 3.75. The number of fused-ring (bicyclic) bond motifs is 2. The van der Waals surface area contributed by atoms with Crippen LogP contribution in [0.5, 0.6) is 11.6 Å². The molecular formula is C30H36FN6O8P. The Balaban J connectivity index is 1.25. The van der Waals surface area contributed by atoms with E-state index in [0.29, 0.717) is 5.39 Å². The number of nitrogen functional groups attached to an aromatic ring is 1. The number of carbonyl (C=O) groups excluding carboxylic acids is 1. The van der Waals surface area contributed by atoms with Crippen LogP contribution in [0.3, 0.4) is 0 Å². The van der Waals surface area contributed by atoms with Crippen LogP contribution in [-0.2, 0) is 23.4 Å². The molecule has 4 N–H and O–H groups in total. The number of nitrogens with one attached hydrogen (secondary N) is 1. The molecule has 2 unspecified atom stereocenters. The van der Waals surface area contributed by atoms with E-state index in [4.69, 9.17) is 29.0 Å². The number of alkyl halides is 1. The Hall–Kier alpha value is -3.88. The largest absolute Gasteiger partial charge is 0.479 e. The van der Waals surface area contributed by atoms with E-state index in [-0.39, 0.29) is 34.8 Å². The standard InChI is InChI=1S/C30H36FN6O8P/c1-17(27(38)43-19-11-5-6-12-19)36-46(40,45-21-14-8-10-18-9-4-7-13-20(18)21)42-15-22-24(31)30(2,39)28(44-22)37-16-33-23-25(37)34-29(32)35-26(23)41-3/h4,7-10,13-14,16-17,19,22,24,28,39H,5-6,11-12,15H2,1-3H3,(H,36,40)(H2,32,34,35)/t17-,22+,24+,28?,30+,46?/m0/s1. The van der Waals surface area contributed by atoms with Gasteiger partial charge in [0.05, 0.1) is 20.0 Å². The van der Waals surface area contributed by atoms with Gasteiger partial charge in [0.2, 0.25) is 11.8 Å². The van der Waals surface area contributed by atoms with Gasteiger partial charge in [-0.25, -0.2) is 13.9 Å². The molecule has 6 rings (SSSR count). The number of aliphatic hydroxyl groups is 1. The molecule has 3 heterocycles. The normalized spacial score (nSPS) is 25.5. The van der Waals surface area contributed by atoms with Crippen LogP contribution in [0, 0.1) is 0 Å². The van der Waals surface area contributed by atoms with E-state index < -0.39 is 50.5 Å². The molecule has 1 aliphatic heterocycles. The lowest BCUT2D eigenvalue weighted by Gasteiger charge is -2.26. The highest BCUT2D eigenvalue weighted by Gasteiger charge is 2.55. The van der Waals surface area contributed by atoms with Gasteiger partial charge in [-0.15, -0.1) is 0 Å². The first kappa shape index (κ1) is 32.1. The minimum Gasteiger partial charge on any atom is -0.479 e. The van der Waals surface area contributed by atoms with Crippen LogP contribution in [0.25, 0.3) is 21.9 Å². The summed E-state index contributed by atoms with van der Waals surface area (Å²) < 4.78 is 60.0. The van der Waals surface area contributed by atoms with E-state index in [2.05, 4.69) is 20.0 Å². The molecule has 1 saturated carbocycles. The van der Waals surface area contributed by atoms with Gasteiger partial charge in [-0.05, 0) is 51.0 Å². The molecule has 6 atom stereocenters. The number of nitrogens with two attached hydrogens (primary N) is 1. The van der Waals surface area contributed by atoms with Gasteiger partial charge in [0.1, 0.15) is 29.6 Å². The topological polar surface area (TPSA) is 182 Å². The first-order chi connectivity index (χ1) is 22.0. The van der Waals surface area contributed by atoms with E-state index in [1.807, 2.05) is 18.2 Å². The number of methoxy groups -OCH3 is 1. The Labute approximate surface area is 263 Å². The number of hydrogen-bond donors (Lipinski definition) is 3. The predicted molar refractivity (Wildman–Crippen MR) is 165 cm³/mol. The Morgan fingerprint density at radius 3 is 2.74 bits per heavy atom. The number of halogens is 1. The lowest BCUT2D eigenvalue weighted by atomic mass is 9.98. The second-order valence-electron chi connectivity index (χ2n) is 11.6. The van der Waals surface area contributed by atoms with Gasteiger partial charge in [-0.3, -0.25) is 13.9 Å². The third-order valence-corrected chi connectivity index (χ3v) is 9.84. The van der Waals surface area contributed by atoms with Crippen LogP contribution >= 0.6 is 7.75 Å². The second-order valence-corrected chi connectivity index (χ2v) is 13.3. The number of benzene rings is 2. The van der Waals surface area contributed by atoms with Crippen molar-refractivity contribution in [1.82, 2.24) is 24.6 Å². The van der Waals surface area contributed by atoms with Gasteiger partial charge in [0.25, 0.3) is 0 Å². The first-order valence-electron chi connectivity index (χ1n) is 15.0. The third-order valence-electron chi connectivity index (χ3n) is 8.21. The van der Waals surface area contributed by atoms with Crippen LogP contribution in [0.4, 0.5) is 10.3 Å².